The maximum atomic E-state index is 14.0. The first-order valence-electron chi connectivity index (χ1n) is 10.6. The molecule has 0 saturated carbocycles. The average molecular weight is 488 g/mol. The number of hydrogen-bond donors (Lipinski definition) is 2. The normalized spacial score (nSPS) is 21.3. The Bertz CT molecular complexity index is 1240. The van der Waals surface area contributed by atoms with Gasteiger partial charge in [-0.25, -0.2) is 9.37 Å². The molecule has 3 fully saturated rings. The highest BCUT2D eigenvalue weighted by Gasteiger charge is 2.47. The molecule has 3 aliphatic rings. The standard InChI is InChI=1S/C23H20F4N6O2/c1-22(35,21(34)31-14-3-2-13(7-28)18(4-14)23(25,26)27)12-32-10-16-5-17(11-32)33(16)15-6-19(24)20(8-29)30-9-15/h2-4,6,9,16-17,35H,5,10-12H2,1H3,(H,31,34). The molecule has 12 heteroatoms. The third kappa shape index (κ3) is 4.76. The minimum absolute atomic E-state index is 0.00498. The third-order valence-corrected chi connectivity index (χ3v) is 6.22. The van der Waals surface area contributed by atoms with E-state index in [9.17, 15) is 27.5 Å². The Hall–Kier alpha value is -3.74. The molecule has 4 heterocycles. The molecule has 8 nitrogen and oxygen atoms in total. The van der Waals surface area contributed by atoms with E-state index < -0.39 is 34.6 Å². The lowest BCUT2D eigenvalue weighted by Gasteiger charge is -2.58. The highest BCUT2D eigenvalue weighted by molar-refractivity contribution is 5.97. The van der Waals surface area contributed by atoms with Gasteiger partial charge in [0.25, 0.3) is 5.91 Å². The number of piperazine rings is 1. The van der Waals surface area contributed by atoms with Crippen LogP contribution >= 0.6 is 0 Å². The van der Waals surface area contributed by atoms with Crippen LogP contribution in [0.4, 0.5) is 28.9 Å². The van der Waals surface area contributed by atoms with Gasteiger partial charge < -0.3 is 15.3 Å². The first-order chi connectivity index (χ1) is 16.4. The Morgan fingerprint density at radius 1 is 1.23 bits per heavy atom. The molecular weight excluding hydrogens is 468 g/mol. The molecule has 3 unspecified atom stereocenters. The zero-order valence-electron chi connectivity index (χ0n) is 18.5. The van der Waals surface area contributed by atoms with Crippen LogP contribution in [0.3, 0.4) is 0 Å². The van der Waals surface area contributed by atoms with E-state index in [1.54, 1.807) is 6.07 Å². The molecule has 3 atom stereocenters. The highest BCUT2D eigenvalue weighted by Crippen LogP contribution is 2.38. The van der Waals surface area contributed by atoms with Crippen LogP contribution in [-0.4, -0.2) is 58.2 Å². The molecule has 0 radical (unpaired) electrons. The van der Waals surface area contributed by atoms with Crippen molar-refractivity contribution in [2.45, 2.75) is 37.2 Å². The van der Waals surface area contributed by atoms with Gasteiger partial charge in [-0.2, -0.15) is 23.7 Å². The fraction of sp³-hybridized carbons (Fsp3) is 0.391. The number of carbonyl (C=O) groups is 1. The number of benzene rings is 1. The van der Waals surface area contributed by atoms with Crippen LogP contribution in [0.25, 0.3) is 0 Å². The quantitative estimate of drug-likeness (QED) is 0.622. The Morgan fingerprint density at radius 2 is 1.91 bits per heavy atom. The van der Waals surface area contributed by atoms with Crippen LogP contribution in [0, 0.1) is 28.5 Å². The second-order valence-electron chi connectivity index (χ2n) is 8.88. The summed E-state index contributed by atoms with van der Waals surface area (Å²) in [5.74, 6) is -1.59. The van der Waals surface area contributed by atoms with Gasteiger partial charge >= 0.3 is 6.18 Å². The fourth-order valence-corrected chi connectivity index (χ4v) is 4.63. The van der Waals surface area contributed by atoms with Crippen molar-refractivity contribution in [3.63, 3.8) is 0 Å². The highest BCUT2D eigenvalue weighted by atomic mass is 19.4. The number of nitrogens with one attached hydrogen (secondary N) is 1. The zero-order valence-corrected chi connectivity index (χ0v) is 18.5. The van der Waals surface area contributed by atoms with E-state index in [1.165, 1.54) is 31.3 Å². The predicted molar refractivity (Wildman–Crippen MR) is 115 cm³/mol. The summed E-state index contributed by atoms with van der Waals surface area (Å²) in [6, 6.07) is 7.18. The van der Waals surface area contributed by atoms with Crippen molar-refractivity contribution in [1.29, 1.82) is 10.5 Å². The van der Waals surface area contributed by atoms with Crippen LogP contribution in [0.15, 0.2) is 30.5 Å². The third-order valence-electron chi connectivity index (χ3n) is 6.22. The number of rotatable bonds is 5. The van der Waals surface area contributed by atoms with Gasteiger partial charge in [-0.05, 0) is 31.5 Å². The number of pyridine rings is 1. The van der Waals surface area contributed by atoms with Gasteiger partial charge in [0.2, 0.25) is 0 Å². The Kier molecular flexibility index (Phi) is 6.13. The van der Waals surface area contributed by atoms with E-state index in [0.717, 1.165) is 12.5 Å². The van der Waals surface area contributed by atoms with E-state index in [0.29, 0.717) is 24.8 Å². The van der Waals surface area contributed by atoms with Crippen molar-refractivity contribution < 1.29 is 27.5 Å². The summed E-state index contributed by atoms with van der Waals surface area (Å²) in [4.78, 5) is 20.4. The van der Waals surface area contributed by atoms with Crippen LogP contribution in [-0.2, 0) is 11.0 Å². The summed E-state index contributed by atoms with van der Waals surface area (Å²) in [6.45, 7) is 2.14. The predicted octanol–water partition coefficient (Wildman–Crippen LogP) is 2.64. The molecule has 1 aromatic heterocycles. The first kappa shape index (κ1) is 24.4. The van der Waals surface area contributed by atoms with Gasteiger partial charge in [0.15, 0.2) is 17.1 Å². The number of nitrogens with zero attached hydrogens (tertiary/aromatic N) is 5. The molecule has 5 rings (SSSR count). The van der Waals surface area contributed by atoms with Crippen molar-refractivity contribution in [2.75, 3.05) is 29.9 Å². The molecule has 1 aromatic carbocycles. The van der Waals surface area contributed by atoms with Gasteiger partial charge in [-0.3, -0.25) is 9.69 Å². The molecule has 2 aromatic rings. The second kappa shape index (κ2) is 8.80. The largest absolute Gasteiger partial charge is 0.417 e. The lowest BCUT2D eigenvalue weighted by molar-refractivity contribution is -0.138. The number of carbonyl (C=O) groups excluding carboxylic acids is 1. The topological polar surface area (TPSA) is 116 Å². The Balaban J connectivity index is 1.40. The van der Waals surface area contributed by atoms with Crippen molar-refractivity contribution in [2.24, 2.45) is 0 Å². The summed E-state index contributed by atoms with van der Waals surface area (Å²) < 4.78 is 53.5. The maximum absolute atomic E-state index is 14.0. The molecule has 182 valence electrons. The molecular formula is C23H20F4N6O2. The number of alkyl halides is 3. The molecule has 2 N–H and O–H groups in total. The molecule has 35 heavy (non-hydrogen) atoms. The lowest BCUT2D eigenvalue weighted by atomic mass is 9.86. The summed E-state index contributed by atoms with van der Waals surface area (Å²) >= 11 is 0. The molecule has 3 aliphatic heterocycles. The number of aromatic nitrogens is 1. The summed E-state index contributed by atoms with van der Waals surface area (Å²) in [5.41, 5.74) is -3.59. The Morgan fingerprint density at radius 3 is 2.49 bits per heavy atom. The number of piperidine rings is 1. The molecule has 2 bridgehead atoms. The number of fused-ring (bicyclic) bond motifs is 2. The summed E-state index contributed by atoms with van der Waals surface area (Å²) in [7, 11) is 0. The lowest BCUT2D eigenvalue weighted by Crippen LogP contribution is -2.70. The number of hydrogen-bond acceptors (Lipinski definition) is 7. The minimum atomic E-state index is -4.78. The van der Waals surface area contributed by atoms with Crippen molar-refractivity contribution in [3.8, 4) is 12.1 Å². The molecule has 0 spiro atoms. The maximum Gasteiger partial charge on any atom is 0.417 e. The second-order valence-corrected chi connectivity index (χ2v) is 8.88. The van der Waals surface area contributed by atoms with Gasteiger partial charge in [0.05, 0.1) is 29.1 Å². The van der Waals surface area contributed by atoms with Gasteiger partial charge in [0, 0.05) is 43.5 Å². The van der Waals surface area contributed by atoms with Crippen molar-refractivity contribution in [1.82, 2.24) is 9.88 Å². The molecule has 3 saturated heterocycles. The van der Waals surface area contributed by atoms with Crippen LogP contribution < -0.4 is 10.2 Å². The minimum Gasteiger partial charge on any atom is -0.379 e. The molecule has 0 aliphatic carbocycles. The smallest absolute Gasteiger partial charge is 0.379 e. The van der Waals surface area contributed by atoms with Crippen LogP contribution in [0.5, 0.6) is 0 Å². The van der Waals surface area contributed by atoms with Gasteiger partial charge in [-0.1, -0.05) is 0 Å². The van der Waals surface area contributed by atoms with Gasteiger partial charge in [-0.15, -0.1) is 0 Å². The van der Waals surface area contributed by atoms with Crippen molar-refractivity contribution in [3.05, 3.63) is 53.1 Å². The Labute approximate surface area is 198 Å². The van der Waals surface area contributed by atoms with Gasteiger partial charge in [0.1, 0.15) is 6.07 Å². The zero-order chi connectivity index (χ0) is 25.5. The fourth-order valence-electron chi connectivity index (χ4n) is 4.63. The number of nitriles is 2. The average Bonchev–Trinajstić information content (AvgIpc) is 2.78. The molecule has 1 amide bonds. The monoisotopic (exact) mass is 488 g/mol. The van der Waals surface area contributed by atoms with E-state index in [-0.39, 0.29) is 30.0 Å². The number of amides is 1. The van der Waals surface area contributed by atoms with E-state index in [2.05, 4.69) is 10.3 Å². The summed E-state index contributed by atoms with van der Waals surface area (Å²) in [5, 5.41) is 30.8. The van der Waals surface area contributed by atoms with Crippen molar-refractivity contribution >= 4 is 17.3 Å². The van der Waals surface area contributed by atoms with E-state index in [1.807, 2.05) is 9.80 Å². The summed E-state index contributed by atoms with van der Waals surface area (Å²) in [6.07, 6.45) is -2.51. The number of aliphatic hydroxyl groups is 1. The van der Waals surface area contributed by atoms with E-state index >= 15 is 0 Å². The van der Waals surface area contributed by atoms with Crippen LogP contribution in [0.1, 0.15) is 30.2 Å². The SMILES string of the molecule is CC(O)(CN1CC2CC(C1)N2c1cnc(C#N)c(F)c1)C(=O)Nc1ccc(C#N)c(C(F)(F)F)c1. The number of anilines is 2. The number of halogens is 4. The van der Waals surface area contributed by atoms with Crippen LogP contribution in [0.2, 0.25) is 0 Å². The van der Waals surface area contributed by atoms with E-state index in [4.69, 9.17) is 10.5 Å². The first-order valence-corrected chi connectivity index (χ1v) is 10.6.